The molecule has 4 heteroatoms. The summed E-state index contributed by atoms with van der Waals surface area (Å²) in [7, 11) is 0. The maximum absolute atomic E-state index is 10.3. The molecule has 1 rings (SSSR count). The molecule has 0 spiro atoms. The summed E-state index contributed by atoms with van der Waals surface area (Å²) in [6.07, 6.45) is 0.247. The number of ether oxygens (including phenoxy) is 2. The molecular weight excluding hydrogens is 220 g/mol. The van der Waals surface area contributed by atoms with Crippen molar-refractivity contribution in [1.82, 2.24) is 0 Å². The maximum atomic E-state index is 10.3. The van der Waals surface area contributed by atoms with Gasteiger partial charge in [-0.1, -0.05) is 27.7 Å². The lowest BCUT2D eigenvalue weighted by molar-refractivity contribution is -0.221. The highest BCUT2D eigenvalue weighted by molar-refractivity contribution is 4.87. The van der Waals surface area contributed by atoms with Crippen molar-refractivity contribution in [1.29, 1.82) is 0 Å². The van der Waals surface area contributed by atoms with Gasteiger partial charge in [0.1, 0.15) is 0 Å². The second-order valence-corrected chi connectivity index (χ2v) is 4.98. The minimum absolute atomic E-state index is 0.147. The van der Waals surface area contributed by atoms with Gasteiger partial charge in [0, 0.05) is 11.8 Å². The SMILES string of the molecule is CC[C@@H](O)[C@@H](C)[C@@H](O)[C@H](C)C1(CC)OCCO1. The van der Waals surface area contributed by atoms with E-state index in [2.05, 4.69) is 0 Å². The van der Waals surface area contributed by atoms with Crippen LogP contribution in [0.3, 0.4) is 0 Å². The smallest absolute Gasteiger partial charge is 0.173 e. The molecule has 0 aromatic carbocycles. The summed E-state index contributed by atoms with van der Waals surface area (Å²) in [6.45, 7) is 8.86. The van der Waals surface area contributed by atoms with Gasteiger partial charge >= 0.3 is 0 Å². The van der Waals surface area contributed by atoms with Crippen molar-refractivity contribution < 1.29 is 19.7 Å². The third-order valence-electron chi connectivity index (χ3n) is 4.04. The normalized spacial score (nSPS) is 26.5. The Morgan fingerprint density at radius 2 is 1.65 bits per heavy atom. The maximum Gasteiger partial charge on any atom is 0.173 e. The van der Waals surface area contributed by atoms with Crippen LogP contribution in [0.25, 0.3) is 0 Å². The fraction of sp³-hybridized carbons (Fsp3) is 1.00. The van der Waals surface area contributed by atoms with E-state index < -0.39 is 18.0 Å². The van der Waals surface area contributed by atoms with Crippen molar-refractivity contribution in [3.8, 4) is 0 Å². The quantitative estimate of drug-likeness (QED) is 0.746. The average molecular weight is 246 g/mol. The topological polar surface area (TPSA) is 58.9 Å². The Labute approximate surface area is 104 Å². The highest BCUT2D eigenvalue weighted by Gasteiger charge is 2.45. The van der Waals surface area contributed by atoms with Crippen molar-refractivity contribution in [3.63, 3.8) is 0 Å². The predicted molar refractivity (Wildman–Crippen MR) is 65.6 cm³/mol. The summed E-state index contributed by atoms with van der Waals surface area (Å²) in [4.78, 5) is 0. The second-order valence-electron chi connectivity index (χ2n) is 4.98. The zero-order valence-corrected chi connectivity index (χ0v) is 11.3. The van der Waals surface area contributed by atoms with E-state index >= 15 is 0 Å². The molecule has 0 aromatic heterocycles. The van der Waals surface area contributed by atoms with Gasteiger partial charge in [0.15, 0.2) is 5.79 Å². The Morgan fingerprint density at radius 1 is 1.12 bits per heavy atom. The molecule has 1 aliphatic rings. The van der Waals surface area contributed by atoms with Crippen LogP contribution in [0.1, 0.15) is 40.5 Å². The molecule has 0 saturated carbocycles. The molecule has 0 aromatic rings. The lowest BCUT2D eigenvalue weighted by Crippen LogP contribution is -2.47. The Hall–Kier alpha value is -0.160. The number of hydrogen-bond acceptors (Lipinski definition) is 4. The number of aliphatic hydroxyl groups excluding tert-OH is 2. The molecule has 1 heterocycles. The lowest BCUT2D eigenvalue weighted by Gasteiger charge is -2.38. The number of aliphatic hydroxyl groups is 2. The van der Waals surface area contributed by atoms with Gasteiger partial charge in [-0.25, -0.2) is 0 Å². The molecule has 0 bridgehead atoms. The molecule has 0 unspecified atom stereocenters. The van der Waals surface area contributed by atoms with Crippen LogP contribution in [0.2, 0.25) is 0 Å². The van der Waals surface area contributed by atoms with Crippen LogP contribution in [0, 0.1) is 11.8 Å². The third-order valence-corrected chi connectivity index (χ3v) is 4.04. The van der Waals surface area contributed by atoms with Crippen molar-refractivity contribution >= 4 is 0 Å². The average Bonchev–Trinajstić information content (AvgIpc) is 2.85. The monoisotopic (exact) mass is 246 g/mol. The molecular formula is C13H26O4. The molecule has 1 fully saturated rings. The third kappa shape index (κ3) is 2.99. The summed E-state index contributed by atoms with van der Waals surface area (Å²) >= 11 is 0. The number of hydrogen-bond donors (Lipinski definition) is 2. The van der Waals surface area contributed by atoms with Gasteiger partial charge in [0.25, 0.3) is 0 Å². The molecule has 1 saturated heterocycles. The van der Waals surface area contributed by atoms with Crippen LogP contribution >= 0.6 is 0 Å². The van der Waals surface area contributed by atoms with Crippen LogP contribution in [-0.2, 0) is 9.47 Å². The van der Waals surface area contributed by atoms with Crippen LogP contribution in [-0.4, -0.2) is 41.4 Å². The van der Waals surface area contributed by atoms with E-state index in [0.29, 0.717) is 26.1 Å². The molecule has 0 radical (unpaired) electrons. The molecule has 4 atom stereocenters. The minimum Gasteiger partial charge on any atom is -0.393 e. The predicted octanol–water partition coefficient (Wildman–Crippen LogP) is 1.54. The lowest BCUT2D eigenvalue weighted by atomic mass is 9.83. The van der Waals surface area contributed by atoms with Crippen molar-refractivity contribution in [2.75, 3.05) is 13.2 Å². The largest absolute Gasteiger partial charge is 0.393 e. The first-order valence-corrected chi connectivity index (χ1v) is 6.62. The molecule has 1 aliphatic heterocycles. The molecule has 0 aliphatic carbocycles. The Morgan fingerprint density at radius 3 is 2.06 bits per heavy atom. The van der Waals surface area contributed by atoms with Gasteiger partial charge in [-0.3, -0.25) is 0 Å². The summed E-state index contributed by atoms with van der Waals surface area (Å²) in [5.41, 5.74) is 0. The Balaban J connectivity index is 2.70. The summed E-state index contributed by atoms with van der Waals surface area (Å²) < 4.78 is 11.3. The fourth-order valence-electron chi connectivity index (χ4n) is 2.57. The van der Waals surface area contributed by atoms with E-state index in [-0.39, 0.29) is 11.8 Å². The zero-order valence-electron chi connectivity index (χ0n) is 11.3. The second kappa shape index (κ2) is 6.14. The fourth-order valence-corrected chi connectivity index (χ4v) is 2.57. The van der Waals surface area contributed by atoms with E-state index in [1.54, 1.807) is 0 Å². The first kappa shape index (κ1) is 14.9. The van der Waals surface area contributed by atoms with Gasteiger partial charge < -0.3 is 19.7 Å². The summed E-state index contributed by atoms with van der Waals surface area (Å²) in [5, 5.41) is 20.1. The molecule has 4 nitrogen and oxygen atoms in total. The standard InChI is InChI=1S/C13H26O4/c1-5-11(14)9(3)12(15)10(4)13(6-2)16-7-8-17-13/h9-12,14-15H,5-8H2,1-4H3/t9-,10+,11-,12-/m1/s1. The van der Waals surface area contributed by atoms with Gasteiger partial charge in [-0.2, -0.15) is 0 Å². The van der Waals surface area contributed by atoms with E-state index in [0.717, 1.165) is 0 Å². The van der Waals surface area contributed by atoms with Gasteiger partial charge in [-0.05, 0) is 12.8 Å². The van der Waals surface area contributed by atoms with Crippen molar-refractivity contribution in [2.24, 2.45) is 11.8 Å². The van der Waals surface area contributed by atoms with Crippen LogP contribution in [0.15, 0.2) is 0 Å². The van der Waals surface area contributed by atoms with Gasteiger partial charge in [0.2, 0.25) is 0 Å². The molecule has 102 valence electrons. The van der Waals surface area contributed by atoms with Gasteiger partial charge in [-0.15, -0.1) is 0 Å². The highest BCUT2D eigenvalue weighted by atomic mass is 16.7. The highest BCUT2D eigenvalue weighted by Crippen LogP contribution is 2.36. The van der Waals surface area contributed by atoms with Crippen LogP contribution < -0.4 is 0 Å². The zero-order chi connectivity index (χ0) is 13.1. The van der Waals surface area contributed by atoms with Crippen LogP contribution in [0.4, 0.5) is 0 Å². The molecule has 2 N–H and O–H groups in total. The van der Waals surface area contributed by atoms with E-state index in [1.807, 2.05) is 27.7 Å². The van der Waals surface area contributed by atoms with Gasteiger partial charge in [0.05, 0.1) is 25.4 Å². The Bertz CT molecular complexity index is 225. The summed E-state index contributed by atoms with van der Waals surface area (Å²) in [6, 6.07) is 0. The summed E-state index contributed by atoms with van der Waals surface area (Å²) in [5.74, 6) is -1.00. The Kier molecular flexibility index (Phi) is 5.38. The van der Waals surface area contributed by atoms with Crippen molar-refractivity contribution in [2.45, 2.75) is 58.5 Å². The van der Waals surface area contributed by atoms with E-state index in [1.165, 1.54) is 0 Å². The minimum atomic E-state index is -0.679. The first-order chi connectivity index (χ1) is 7.98. The molecule has 0 amide bonds. The molecule has 17 heavy (non-hydrogen) atoms. The van der Waals surface area contributed by atoms with Crippen LogP contribution in [0.5, 0.6) is 0 Å². The van der Waals surface area contributed by atoms with Crippen molar-refractivity contribution in [3.05, 3.63) is 0 Å². The number of rotatable bonds is 6. The van der Waals surface area contributed by atoms with E-state index in [9.17, 15) is 10.2 Å². The first-order valence-electron chi connectivity index (χ1n) is 6.62. The van der Waals surface area contributed by atoms with E-state index in [4.69, 9.17) is 9.47 Å².